The van der Waals surface area contributed by atoms with Crippen molar-refractivity contribution in [3.05, 3.63) is 28.8 Å². The Hall–Kier alpha value is -1.26. The van der Waals surface area contributed by atoms with E-state index in [-0.39, 0.29) is 30.4 Å². The molecule has 0 bridgehead atoms. The van der Waals surface area contributed by atoms with E-state index in [1.165, 1.54) is 0 Å². The maximum Gasteiger partial charge on any atom is 0.224 e. The summed E-state index contributed by atoms with van der Waals surface area (Å²) in [6.45, 7) is 6.15. The summed E-state index contributed by atoms with van der Waals surface area (Å²) >= 11 is 5.96. The van der Waals surface area contributed by atoms with Crippen LogP contribution >= 0.6 is 11.6 Å². The fourth-order valence-electron chi connectivity index (χ4n) is 2.15. The van der Waals surface area contributed by atoms with Crippen LogP contribution < -0.4 is 10.1 Å². The highest BCUT2D eigenvalue weighted by molar-refractivity contribution is 6.30. The van der Waals surface area contributed by atoms with Gasteiger partial charge in [0.2, 0.25) is 5.91 Å². The second kappa shape index (κ2) is 7.66. The lowest BCUT2D eigenvalue weighted by molar-refractivity contribution is -0.122. The minimum Gasteiger partial charge on any atom is -0.496 e. The molecule has 1 atom stereocenters. The van der Waals surface area contributed by atoms with Crippen LogP contribution in [0.2, 0.25) is 5.02 Å². The molecule has 0 aliphatic rings. The van der Waals surface area contributed by atoms with Crippen LogP contribution in [-0.2, 0) is 11.2 Å². The number of methoxy groups -OCH3 is 1. The van der Waals surface area contributed by atoms with Gasteiger partial charge in [-0.05, 0) is 30.0 Å². The number of nitrogens with one attached hydrogen (secondary N) is 1. The number of aliphatic hydroxyl groups is 1. The predicted molar refractivity (Wildman–Crippen MR) is 84.8 cm³/mol. The van der Waals surface area contributed by atoms with Gasteiger partial charge in [-0.3, -0.25) is 4.79 Å². The van der Waals surface area contributed by atoms with Gasteiger partial charge in [-0.15, -0.1) is 0 Å². The van der Waals surface area contributed by atoms with Crippen molar-refractivity contribution in [1.29, 1.82) is 0 Å². The summed E-state index contributed by atoms with van der Waals surface area (Å²) in [5, 5.41) is 12.7. The van der Waals surface area contributed by atoms with Crippen molar-refractivity contribution in [3.8, 4) is 5.75 Å². The molecule has 0 spiro atoms. The van der Waals surface area contributed by atoms with E-state index < -0.39 is 0 Å². The van der Waals surface area contributed by atoms with Crippen LogP contribution in [0.4, 0.5) is 0 Å². The molecule has 1 aromatic carbocycles. The van der Waals surface area contributed by atoms with Crippen molar-refractivity contribution < 1.29 is 14.6 Å². The molecule has 0 saturated carbocycles. The molecule has 1 rings (SSSR count). The van der Waals surface area contributed by atoms with Crippen LogP contribution in [0.15, 0.2) is 18.2 Å². The number of ether oxygens (including phenoxy) is 1. The summed E-state index contributed by atoms with van der Waals surface area (Å²) in [4.78, 5) is 12.2. The van der Waals surface area contributed by atoms with Gasteiger partial charge in [0.05, 0.1) is 13.5 Å². The van der Waals surface area contributed by atoms with Crippen molar-refractivity contribution in [2.45, 2.75) is 39.7 Å². The zero-order valence-corrected chi connectivity index (χ0v) is 13.8. The highest BCUT2D eigenvalue weighted by Gasteiger charge is 2.25. The van der Waals surface area contributed by atoms with Gasteiger partial charge >= 0.3 is 0 Å². The lowest BCUT2D eigenvalue weighted by Crippen LogP contribution is -2.44. The largest absolute Gasteiger partial charge is 0.496 e. The quantitative estimate of drug-likeness (QED) is 0.849. The molecule has 0 aliphatic carbocycles. The molecule has 0 aliphatic heterocycles. The van der Waals surface area contributed by atoms with E-state index in [1.54, 1.807) is 25.3 Å². The van der Waals surface area contributed by atoms with E-state index in [0.29, 0.717) is 17.2 Å². The number of halogens is 1. The molecule has 1 aromatic rings. The molecule has 0 radical (unpaired) electrons. The Morgan fingerprint density at radius 2 is 2.10 bits per heavy atom. The minimum atomic E-state index is -0.114. The summed E-state index contributed by atoms with van der Waals surface area (Å²) in [6.07, 6.45) is 0.726. The predicted octanol–water partition coefficient (Wildman–Crippen LogP) is 2.80. The molecule has 4 nitrogen and oxygen atoms in total. The third kappa shape index (κ3) is 5.56. The van der Waals surface area contributed by atoms with Crippen LogP contribution in [0.25, 0.3) is 0 Å². The van der Waals surface area contributed by atoms with E-state index in [9.17, 15) is 4.79 Å². The smallest absolute Gasteiger partial charge is 0.224 e. The fraction of sp³-hybridized carbons (Fsp3) is 0.562. The maximum atomic E-state index is 12.2. The second-order valence-corrected chi connectivity index (χ2v) is 6.57. The van der Waals surface area contributed by atoms with Crippen LogP contribution in [-0.4, -0.2) is 30.8 Å². The first-order valence-electron chi connectivity index (χ1n) is 7.00. The Balaban J connectivity index is 2.79. The monoisotopic (exact) mass is 313 g/mol. The Morgan fingerprint density at radius 3 is 2.62 bits per heavy atom. The molecule has 118 valence electrons. The van der Waals surface area contributed by atoms with Crippen molar-refractivity contribution in [1.82, 2.24) is 5.32 Å². The summed E-state index contributed by atoms with van der Waals surface area (Å²) in [7, 11) is 1.56. The number of hydrogen-bond acceptors (Lipinski definition) is 3. The molecule has 1 amide bonds. The first-order chi connectivity index (χ1) is 9.77. The molecule has 2 N–H and O–H groups in total. The van der Waals surface area contributed by atoms with Gasteiger partial charge in [-0.25, -0.2) is 0 Å². The molecule has 5 heteroatoms. The summed E-state index contributed by atoms with van der Waals surface area (Å²) in [5.74, 6) is 0.535. The highest BCUT2D eigenvalue weighted by Crippen LogP contribution is 2.24. The van der Waals surface area contributed by atoms with E-state index in [2.05, 4.69) is 5.32 Å². The number of carbonyl (C=O) groups is 1. The number of amides is 1. The normalized spacial score (nSPS) is 12.9. The average molecular weight is 314 g/mol. The molecular formula is C16H24ClNO3. The van der Waals surface area contributed by atoms with Crippen LogP contribution in [0.5, 0.6) is 5.75 Å². The van der Waals surface area contributed by atoms with Gasteiger partial charge in [-0.1, -0.05) is 32.4 Å². The second-order valence-electron chi connectivity index (χ2n) is 6.13. The Kier molecular flexibility index (Phi) is 6.49. The minimum absolute atomic E-state index is 0.0443. The van der Waals surface area contributed by atoms with Crippen molar-refractivity contribution in [3.63, 3.8) is 0 Å². The Bertz CT molecular complexity index is 483. The molecule has 0 fully saturated rings. The standard InChI is InChI=1S/C16H24ClNO3/c1-16(2,3)14(7-8-19)18-15(20)10-11-9-12(17)5-6-13(11)21-4/h5-6,9,14,19H,7-8,10H2,1-4H3,(H,18,20). The van der Waals surface area contributed by atoms with E-state index in [0.717, 1.165) is 5.56 Å². The van der Waals surface area contributed by atoms with Gasteiger partial charge < -0.3 is 15.2 Å². The molecule has 0 aromatic heterocycles. The first-order valence-corrected chi connectivity index (χ1v) is 7.38. The maximum absolute atomic E-state index is 12.2. The van der Waals surface area contributed by atoms with Gasteiger partial charge in [0.25, 0.3) is 0 Å². The Morgan fingerprint density at radius 1 is 1.43 bits per heavy atom. The average Bonchev–Trinajstić information content (AvgIpc) is 2.37. The number of benzene rings is 1. The van der Waals surface area contributed by atoms with Gasteiger partial charge in [0.15, 0.2) is 0 Å². The summed E-state index contributed by atoms with van der Waals surface area (Å²) in [5.41, 5.74) is 0.635. The third-order valence-corrected chi connectivity index (χ3v) is 3.63. The van der Waals surface area contributed by atoms with E-state index in [4.69, 9.17) is 21.4 Å². The molecule has 1 unspecified atom stereocenters. The molecule has 21 heavy (non-hydrogen) atoms. The molecule has 0 saturated heterocycles. The lowest BCUT2D eigenvalue weighted by atomic mass is 9.85. The van der Waals surface area contributed by atoms with E-state index >= 15 is 0 Å². The first kappa shape index (κ1) is 17.8. The molecular weight excluding hydrogens is 290 g/mol. The van der Waals surface area contributed by atoms with Gasteiger partial charge in [0, 0.05) is 23.2 Å². The van der Waals surface area contributed by atoms with Crippen LogP contribution in [0, 0.1) is 5.41 Å². The zero-order valence-electron chi connectivity index (χ0n) is 13.1. The SMILES string of the molecule is COc1ccc(Cl)cc1CC(=O)NC(CCO)C(C)(C)C. The molecule has 0 heterocycles. The summed E-state index contributed by atoms with van der Waals surface area (Å²) < 4.78 is 5.24. The number of carbonyl (C=O) groups excluding carboxylic acids is 1. The zero-order chi connectivity index (χ0) is 16.0. The fourth-order valence-corrected chi connectivity index (χ4v) is 2.35. The van der Waals surface area contributed by atoms with Crippen LogP contribution in [0.3, 0.4) is 0 Å². The van der Waals surface area contributed by atoms with Gasteiger partial charge in [-0.2, -0.15) is 0 Å². The lowest BCUT2D eigenvalue weighted by Gasteiger charge is -2.31. The van der Waals surface area contributed by atoms with Crippen molar-refractivity contribution in [2.24, 2.45) is 5.41 Å². The number of aliphatic hydroxyl groups excluding tert-OH is 1. The topological polar surface area (TPSA) is 58.6 Å². The van der Waals surface area contributed by atoms with Crippen molar-refractivity contribution in [2.75, 3.05) is 13.7 Å². The third-order valence-electron chi connectivity index (χ3n) is 3.39. The number of rotatable bonds is 6. The number of hydrogen-bond donors (Lipinski definition) is 2. The van der Waals surface area contributed by atoms with Crippen LogP contribution in [0.1, 0.15) is 32.8 Å². The summed E-state index contributed by atoms with van der Waals surface area (Å²) in [6, 6.07) is 5.13. The highest BCUT2D eigenvalue weighted by atomic mass is 35.5. The van der Waals surface area contributed by atoms with Crippen molar-refractivity contribution >= 4 is 17.5 Å². The van der Waals surface area contributed by atoms with E-state index in [1.807, 2.05) is 20.8 Å². The Labute approximate surface area is 131 Å². The van der Waals surface area contributed by atoms with Gasteiger partial charge in [0.1, 0.15) is 5.75 Å².